The molecule has 0 aromatic heterocycles. The fourth-order valence-corrected chi connectivity index (χ4v) is 6.70. The molecule has 1 amide bonds. The minimum Gasteiger partial charge on any atom is -0.462 e. The highest BCUT2D eigenvalue weighted by Gasteiger charge is 2.62. The van der Waals surface area contributed by atoms with Gasteiger partial charge in [0.1, 0.15) is 24.3 Å². The number of esters is 2. The monoisotopic (exact) mass is 615 g/mol. The lowest BCUT2D eigenvalue weighted by molar-refractivity contribution is -0.199. The molecule has 0 spiro atoms. The molecule has 0 saturated carbocycles. The second kappa shape index (κ2) is 13.8. The van der Waals surface area contributed by atoms with E-state index in [-0.39, 0.29) is 0 Å². The molecule has 0 aromatic rings. The van der Waals surface area contributed by atoms with Crippen molar-refractivity contribution in [3.8, 4) is 0 Å². The van der Waals surface area contributed by atoms with Gasteiger partial charge in [-0.05, 0) is 59.4 Å². The Morgan fingerprint density at radius 1 is 1.10 bits per heavy atom. The van der Waals surface area contributed by atoms with Crippen molar-refractivity contribution in [2.45, 2.75) is 103 Å². The maximum absolute atomic E-state index is 14.5. The van der Waals surface area contributed by atoms with Crippen LogP contribution in [-0.4, -0.2) is 100 Å². The first-order valence-electron chi connectivity index (χ1n) is 12.5. The number of rotatable bonds is 13. The van der Waals surface area contributed by atoms with E-state index < -0.39 is 98.0 Å². The number of allylic oxidation sites excluding steroid dienone is 1. The molecule has 17 heteroatoms. The summed E-state index contributed by atoms with van der Waals surface area (Å²) in [6.07, 6.45) is -9.10. The number of carbonyl (C=O) groups is 4. The summed E-state index contributed by atoms with van der Waals surface area (Å²) in [6, 6.07) is -2.25. The first kappa shape index (κ1) is 34.3. The van der Waals surface area contributed by atoms with Crippen molar-refractivity contribution in [2.75, 3.05) is 6.61 Å². The molecule has 0 bridgehead atoms. The highest BCUT2D eigenvalue weighted by atomic mass is 32.4. The van der Waals surface area contributed by atoms with Crippen molar-refractivity contribution in [1.82, 2.24) is 15.1 Å². The summed E-state index contributed by atoms with van der Waals surface area (Å²) in [4.78, 5) is 49.4. The zero-order valence-electron chi connectivity index (χ0n) is 22.9. The maximum atomic E-state index is 14.5. The summed E-state index contributed by atoms with van der Waals surface area (Å²) >= 11 is 5.54. The number of ether oxygens (including phenoxy) is 3. The molecule has 2 aliphatic heterocycles. The van der Waals surface area contributed by atoms with Crippen molar-refractivity contribution >= 4 is 42.0 Å². The minimum absolute atomic E-state index is 0.479. The third-order valence-corrected chi connectivity index (χ3v) is 8.64. The fraction of sp³-hybridized carbons (Fsp3) is 0.739. The predicted molar refractivity (Wildman–Crippen MR) is 139 cm³/mol. The number of ketones is 1. The average Bonchev–Trinajstić information content (AvgIpc) is 3.08. The Balaban J connectivity index is 2.35. The third-order valence-electron chi connectivity index (χ3n) is 5.74. The van der Waals surface area contributed by atoms with Crippen molar-refractivity contribution < 1.29 is 56.9 Å². The summed E-state index contributed by atoms with van der Waals surface area (Å²) in [5.41, 5.74) is -2.89. The number of nitrogens with one attached hydrogen (secondary N) is 2. The van der Waals surface area contributed by atoms with Gasteiger partial charge in [-0.1, -0.05) is 0 Å². The fourth-order valence-electron chi connectivity index (χ4n) is 3.75. The van der Waals surface area contributed by atoms with Crippen LogP contribution in [0.4, 0.5) is 8.78 Å². The molecule has 2 rings (SSSR count). The lowest BCUT2D eigenvalue weighted by Crippen LogP contribution is -2.53. The quantitative estimate of drug-likeness (QED) is 0.128. The number of carbonyl (C=O) groups excluding carboxylic acids is 4. The van der Waals surface area contributed by atoms with E-state index in [1.54, 1.807) is 27.7 Å². The van der Waals surface area contributed by atoms with Crippen LogP contribution in [0, 0.1) is 0 Å². The van der Waals surface area contributed by atoms with Gasteiger partial charge in [0, 0.05) is 6.20 Å². The number of aliphatic hydroxyl groups excluding tert-OH is 2. The van der Waals surface area contributed by atoms with Crippen LogP contribution in [0.15, 0.2) is 12.3 Å². The smallest absolute Gasteiger partial charge is 0.323 e. The molecular weight excluding hydrogens is 579 g/mol. The van der Waals surface area contributed by atoms with E-state index in [2.05, 4.69) is 10.2 Å². The summed E-state index contributed by atoms with van der Waals surface area (Å²) in [5.74, 6) is -2.86. The number of alkyl halides is 2. The van der Waals surface area contributed by atoms with Crippen molar-refractivity contribution in [2.24, 2.45) is 0 Å². The van der Waals surface area contributed by atoms with Crippen molar-refractivity contribution in [3.63, 3.8) is 0 Å². The van der Waals surface area contributed by atoms with Gasteiger partial charge in [0.15, 0.2) is 24.2 Å². The number of hydrogen-bond donors (Lipinski definition) is 4. The first-order valence-corrected chi connectivity index (χ1v) is 15.2. The Labute approximate surface area is 235 Å². The van der Waals surface area contributed by atoms with Gasteiger partial charge in [-0.2, -0.15) is 0 Å². The van der Waals surface area contributed by atoms with Crippen molar-refractivity contribution in [1.29, 1.82) is 0 Å². The number of amides is 1. The Hall–Kier alpha value is -1.91. The first-order chi connectivity index (χ1) is 18.4. The van der Waals surface area contributed by atoms with Gasteiger partial charge in [0.2, 0.25) is 5.91 Å². The second-order valence-corrected chi connectivity index (χ2v) is 13.4. The topological polar surface area (TPSA) is 173 Å². The van der Waals surface area contributed by atoms with E-state index in [1.807, 2.05) is 0 Å². The Kier molecular flexibility index (Phi) is 11.9. The zero-order valence-corrected chi connectivity index (χ0v) is 24.6. The van der Waals surface area contributed by atoms with Gasteiger partial charge >= 0.3 is 11.9 Å². The summed E-state index contributed by atoms with van der Waals surface area (Å²) in [7, 11) is 0. The van der Waals surface area contributed by atoms with Crippen LogP contribution < -0.4 is 10.2 Å². The number of aliphatic hydroxyl groups is 2. The molecule has 1 saturated heterocycles. The standard InChI is InChI=1S/C23H36F2N3O10PS/c1-11(2)36-20(33)13(5)26-39(40,27-14(6)21(34)37-12(3)4)35-10-23(22(24)25)18(32)17(31)19(38-23)28-8-7-15(29)9-16(28)30/h7-8,11-14,17-19,22,31-32H,9-10H2,1-6H3,(H2,26,27,40)/t13-,14-,17+,18-,19+,23+/m0/s1. The third kappa shape index (κ3) is 8.32. The van der Waals surface area contributed by atoms with Gasteiger partial charge < -0.3 is 28.9 Å². The van der Waals surface area contributed by atoms with Crippen LogP contribution in [0.3, 0.4) is 0 Å². The summed E-state index contributed by atoms with van der Waals surface area (Å²) in [5, 5.41) is 26.6. The molecule has 0 radical (unpaired) electrons. The zero-order chi connectivity index (χ0) is 30.6. The van der Waals surface area contributed by atoms with Gasteiger partial charge in [-0.15, -0.1) is 0 Å². The van der Waals surface area contributed by atoms with Crippen LogP contribution in [0.1, 0.15) is 48.0 Å². The lowest BCUT2D eigenvalue weighted by atomic mass is 9.96. The Bertz CT molecular complexity index is 1010. The average molecular weight is 616 g/mol. The molecule has 0 unspecified atom stereocenters. The van der Waals surface area contributed by atoms with Gasteiger partial charge in [-0.25, -0.2) is 19.0 Å². The van der Waals surface area contributed by atoms with E-state index in [9.17, 15) is 38.2 Å². The molecule has 13 nitrogen and oxygen atoms in total. The normalized spacial score (nSPS) is 27.0. The van der Waals surface area contributed by atoms with Crippen molar-refractivity contribution in [3.05, 3.63) is 12.3 Å². The molecule has 1 fully saturated rings. The van der Waals surface area contributed by atoms with Crippen LogP contribution in [0.5, 0.6) is 0 Å². The maximum Gasteiger partial charge on any atom is 0.323 e. The molecule has 40 heavy (non-hydrogen) atoms. The minimum atomic E-state index is -3.79. The highest BCUT2D eigenvalue weighted by molar-refractivity contribution is 8.10. The molecule has 6 atom stereocenters. The lowest BCUT2D eigenvalue weighted by Gasteiger charge is -2.36. The Morgan fingerprint density at radius 3 is 2.02 bits per heavy atom. The van der Waals surface area contributed by atoms with E-state index >= 15 is 0 Å². The van der Waals surface area contributed by atoms with Crippen LogP contribution >= 0.6 is 6.57 Å². The van der Waals surface area contributed by atoms with E-state index in [0.29, 0.717) is 0 Å². The van der Waals surface area contributed by atoms with E-state index in [0.717, 1.165) is 17.2 Å². The molecule has 0 aliphatic carbocycles. The molecule has 228 valence electrons. The molecule has 2 aliphatic rings. The molecule has 0 aromatic carbocycles. The summed E-state index contributed by atoms with van der Waals surface area (Å²) in [6.45, 7) is 4.29. The number of nitrogens with zero attached hydrogens (tertiary/aromatic N) is 1. The van der Waals surface area contributed by atoms with Gasteiger partial charge in [0.05, 0.1) is 25.2 Å². The molecule has 2 heterocycles. The van der Waals surface area contributed by atoms with Crippen LogP contribution in [-0.2, 0) is 49.7 Å². The SMILES string of the molecule is CC(C)OC(=O)[C@H](C)NP(=S)(N[C@@H](C)C(=O)OC(C)C)OC[C@@]1(C(F)F)O[C@@H](N2C=CC(=O)CC2=O)[C@H](O)[C@@H]1O. The van der Waals surface area contributed by atoms with Gasteiger partial charge in [0.25, 0.3) is 6.43 Å². The predicted octanol–water partition coefficient (Wildman–Crippen LogP) is 0.484. The molecular formula is C23H36F2N3O10PS. The van der Waals surface area contributed by atoms with E-state index in [4.69, 9.17) is 30.5 Å². The second-order valence-electron chi connectivity index (χ2n) is 9.96. The number of hydrogen-bond acceptors (Lipinski definition) is 11. The van der Waals surface area contributed by atoms with E-state index in [1.165, 1.54) is 13.8 Å². The number of halogens is 2. The highest BCUT2D eigenvalue weighted by Crippen LogP contribution is 2.45. The van der Waals surface area contributed by atoms with Crippen LogP contribution in [0.2, 0.25) is 0 Å². The Morgan fingerprint density at radius 2 is 1.60 bits per heavy atom. The van der Waals surface area contributed by atoms with Crippen LogP contribution in [0.25, 0.3) is 0 Å². The summed E-state index contributed by atoms with van der Waals surface area (Å²) < 4.78 is 50.3. The largest absolute Gasteiger partial charge is 0.462 e. The van der Waals surface area contributed by atoms with Gasteiger partial charge in [-0.3, -0.25) is 24.1 Å². The molecule has 4 N–H and O–H groups in total.